The van der Waals surface area contributed by atoms with Crippen LogP contribution in [0.5, 0.6) is 0 Å². The Kier molecular flexibility index (Phi) is 8.04. The van der Waals surface area contributed by atoms with Crippen LogP contribution in [0, 0.1) is 5.92 Å². The quantitative estimate of drug-likeness (QED) is 0.683. The fraction of sp³-hybridized carbons (Fsp3) is 0.625. The number of carbonyl (C=O) groups is 2. The van der Waals surface area contributed by atoms with Crippen molar-refractivity contribution in [3.8, 4) is 0 Å². The van der Waals surface area contributed by atoms with Crippen molar-refractivity contribution in [1.82, 2.24) is 10.2 Å². The lowest BCUT2D eigenvalue weighted by atomic mass is 9.78. The zero-order valence-electron chi connectivity index (χ0n) is 19.4. The van der Waals surface area contributed by atoms with E-state index >= 15 is 0 Å². The van der Waals surface area contributed by atoms with Crippen molar-refractivity contribution in [3.63, 3.8) is 0 Å². The van der Waals surface area contributed by atoms with Crippen molar-refractivity contribution >= 4 is 29.5 Å². The number of amides is 2. The second kappa shape index (κ2) is 10.6. The first-order valence-corrected chi connectivity index (χ1v) is 11.7. The minimum Gasteiger partial charge on any atom is -0.480 e. The molecule has 1 heterocycles. The van der Waals surface area contributed by atoms with Crippen LogP contribution in [0.1, 0.15) is 65.0 Å². The maximum absolute atomic E-state index is 12.6. The van der Waals surface area contributed by atoms with Gasteiger partial charge in [-0.1, -0.05) is 23.7 Å². The molecule has 1 atom stereocenters. The Balaban J connectivity index is 1.69. The molecule has 7 nitrogen and oxygen atoms in total. The summed E-state index contributed by atoms with van der Waals surface area (Å²) in [4.78, 5) is 31.2. The van der Waals surface area contributed by atoms with E-state index in [2.05, 4.69) is 10.3 Å². The van der Waals surface area contributed by atoms with Crippen LogP contribution in [0.3, 0.4) is 0 Å². The van der Waals surface area contributed by atoms with E-state index in [1.807, 2.05) is 56.9 Å². The third-order valence-electron chi connectivity index (χ3n) is 5.86. The first kappa shape index (κ1) is 24.4. The number of hydrogen-bond acceptors (Lipinski definition) is 5. The van der Waals surface area contributed by atoms with Gasteiger partial charge in [-0.2, -0.15) is 0 Å². The SMILES string of the molecule is CCOC1=NCC(=O)N(C2CCC(C(NC(=O)OC(C)(C)C)c3cccc(Cl)c3)CC2)C1. The molecule has 0 saturated heterocycles. The van der Waals surface area contributed by atoms with Gasteiger partial charge in [0.15, 0.2) is 0 Å². The molecule has 0 spiro atoms. The Morgan fingerprint density at radius 3 is 2.62 bits per heavy atom. The average molecular weight is 464 g/mol. The highest BCUT2D eigenvalue weighted by atomic mass is 35.5. The second-order valence-corrected chi connectivity index (χ2v) is 9.85. The van der Waals surface area contributed by atoms with Crippen LogP contribution in [0.2, 0.25) is 5.02 Å². The summed E-state index contributed by atoms with van der Waals surface area (Å²) in [6.45, 7) is 8.61. The van der Waals surface area contributed by atoms with Gasteiger partial charge in [0.05, 0.1) is 19.2 Å². The van der Waals surface area contributed by atoms with Gasteiger partial charge in [0.25, 0.3) is 0 Å². The van der Waals surface area contributed by atoms with Crippen molar-refractivity contribution in [2.75, 3.05) is 19.7 Å². The van der Waals surface area contributed by atoms with E-state index in [0.717, 1.165) is 31.2 Å². The number of alkyl carbamates (subject to hydrolysis) is 1. The molecule has 1 aromatic rings. The molecular weight excluding hydrogens is 430 g/mol. The molecule has 1 unspecified atom stereocenters. The molecule has 8 heteroatoms. The number of hydrogen-bond donors (Lipinski definition) is 1. The van der Waals surface area contributed by atoms with Crippen molar-refractivity contribution in [3.05, 3.63) is 34.9 Å². The van der Waals surface area contributed by atoms with Gasteiger partial charge in [-0.25, -0.2) is 9.79 Å². The Hall–Kier alpha value is -2.28. The molecule has 2 amide bonds. The highest BCUT2D eigenvalue weighted by molar-refractivity contribution is 6.30. The standard InChI is InChI=1S/C24H34ClN3O4/c1-5-31-20-15-28(21(29)14-26-20)19-11-9-16(10-12-19)22(17-7-6-8-18(25)13-17)27-23(30)32-24(2,3)4/h6-8,13,16,19,22H,5,9-12,14-15H2,1-4H3,(H,27,30). The van der Waals surface area contributed by atoms with Crippen LogP contribution >= 0.6 is 11.6 Å². The zero-order valence-corrected chi connectivity index (χ0v) is 20.2. The van der Waals surface area contributed by atoms with E-state index in [4.69, 9.17) is 21.1 Å². The minimum absolute atomic E-state index is 0.0511. The van der Waals surface area contributed by atoms with Gasteiger partial charge in [0, 0.05) is 11.1 Å². The van der Waals surface area contributed by atoms with Gasteiger partial charge >= 0.3 is 6.09 Å². The molecule has 1 aromatic carbocycles. The van der Waals surface area contributed by atoms with Gasteiger partial charge < -0.3 is 19.7 Å². The van der Waals surface area contributed by atoms with E-state index < -0.39 is 11.7 Å². The highest BCUT2D eigenvalue weighted by Gasteiger charge is 2.35. The van der Waals surface area contributed by atoms with Crippen LogP contribution < -0.4 is 5.32 Å². The molecular formula is C24H34ClN3O4. The van der Waals surface area contributed by atoms with Gasteiger partial charge in [0.1, 0.15) is 12.1 Å². The average Bonchev–Trinajstić information content (AvgIpc) is 2.72. The first-order valence-electron chi connectivity index (χ1n) is 11.4. The molecule has 1 N–H and O–H groups in total. The molecule has 1 fully saturated rings. The second-order valence-electron chi connectivity index (χ2n) is 9.41. The molecule has 176 valence electrons. The van der Waals surface area contributed by atoms with Crippen molar-refractivity contribution in [2.24, 2.45) is 10.9 Å². The first-order chi connectivity index (χ1) is 15.2. The van der Waals surface area contributed by atoms with E-state index in [0.29, 0.717) is 24.1 Å². The number of carbonyl (C=O) groups excluding carboxylic acids is 2. The number of ether oxygens (including phenoxy) is 2. The van der Waals surface area contributed by atoms with Crippen LogP contribution in [-0.4, -0.2) is 54.1 Å². The van der Waals surface area contributed by atoms with Gasteiger partial charge in [-0.3, -0.25) is 4.79 Å². The lowest BCUT2D eigenvalue weighted by Gasteiger charge is -2.40. The minimum atomic E-state index is -0.574. The summed E-state index contributed by atoms with van der Waals surface area (Å²) >= 11 is 6.24. The normalized spacial score (nSPS) is 22.7. The number of aliphatic imine (C=N–C) groups is 1. The summed E-state index contributed by atoms with van der Waals surface area (Å²) < 4.78 is 11.1. The predicted molar refractivity (Wildman–Crippen MR) is 125 cm³/mol. The monoisotopic (exact) mass is 463 g/mol. The highest BCUT2D eigenvalue weighted by Crippen LogP contribution is 2.37. The Bertz CT molecular complexity index is 844. The molecule has 1 aliphatic carbocycles. The fourth-order valence-corrected chi connectivity index (χ4v) is 4.67. The molecule has 32 heavy (non-hydrogen) atoms. The molecule has 1 aliphatic heterocycles. The van der Waals surface area contributed by atoms with Gasteiger partial charge in [0.2, 0.25) is 11.8 Å². The molecule has 0 aromatic heterocycles. The van der Waals surface area contributed by atoms with Gasteiger partial charge in [-0.15, -0.1) is 0 Å². The predicted octanol–water partition coefficient (Wildman–Crippen LogP) is 4.74. The van der Waals surface area contributed by atoms with Crippen LogP contribution in [0.15, 0.2) is 29.3 Å². The maximum Gasteiger partial charge on any atom is 0.408 e. The molecule has 2 aliphatic rings. The summed E-state index contributed by atoms with van der Waals surface area (Å²) in [5.41, 5.74) is 0.390. The van der Waals surface area contributed by atoms with E-state index in [1.165, 1.54) is 0 Å². The topological polar surface area (TPSA) is 80.2 Å². The number of halogens is 1. The number of rotatable bonds is 5. The van der Waals surface area contributed by atoms with E-state index in [9.17, 15) is 9.59 Å². The van der Waals surface area contributed by atoms with Crippen LogP contribution in [0.4, 0.5) is 4.79 Å². The van der Waals surface area contributed by atoms with Gasteiger partial charge in [-0.05, 0) is 77.0 Å². The van der Waals surface area contributed by atoms with Crippen molar-refractivity contribution in [2.45, 2.75) is 71.1 Å². The van der Waals surface area contributed by atoms with Crippen molar-refractivity contribution in [1.29, 1.82) is 0 Å². The summed E-state index contributed by atoms with van der Waals surface area (Å²) in [6.07, 6.45) is 3.05. The van der Waals surface area contributed by atoms with Crippen LogP contribution in [-0.2, 0) is 14.3 Å². The largest absolute Gasteiger partial charge is 0.480 e. The van der Waals surface area contributed by atoms with E-state index in [1.54, 1.807) is 0 Å². The fourth-order valence-electron chi connectivity index (χ4n) is 4.48. The summed E-state index contributed by atoms with van der Waals surface area (Å²) in [5, 5.41) is 3.71. The lowest BCUT2D eigenvalue weighted by Crippen LogP contribution is -2.49. The third-order valence-corrected chi connectivity index (χ3v) is 6.10. The molecule has 1 saturated carbocycles. The Morgan fingerprint density at radius 1 is 1.28 bits per heavy atom. The summed E-state index contributed by atoms with van der Waals surface area (Å²) in [5.74, 6) is 0.907. The summed E-state index contributed by atoms with van der Waals surface area (Å²) in [7, 11) is 0. The number of benzene rings is 1. The molecule has 0 radical (unpaired) electrons. The zero-order chi connectivity index (χ0) is 23.3. The molecule has 3 rings (SSSR count). The Morgan fingerprint density at radius 2 is 2.00 bits per heavy atom. The van der Waals surface area contributed by atoms with Crippen molar-refractivity contribution < 1.29 is 19.1 Å². The third kappa shape index (κ3) is 6.61. The summed E-state index contributed by atoms with van der Waals surface area (Å²) in [6, 6.07) is 7.56. The molecule has 0 bridgehead atoms. The van der Waals surface area contributed by atoms with Crippen LogP contribution in [0.25, 0.3) is 0 Å². The number of nitrogens with one attached hydrogen (secondary N) is 1. The Labute approximate surface area is 195 Å². The maximum atomic E-state index is 12.6. The van der Waals surface area contributed by atoms with E-state index in [-0.39, 0.29) is 30.5 Å². The number of nitrogens with zero attached hydrogens (tertiary/aromatic N) is 2. The lowest BCUT2D eigenvalue weighted by molar-refractivity contribution is -0.132. The smallest absolute Gasteiger partial charge is 0.408 e.